The van der Waals surface area contributed by atoms with E-state index >= 15 is 0 Å². The number of benzene rings is 1. The van der Waals surface area contributed by atoms with E-state index in [0.29, 0.717) is 31.0 Å². The SMILES string of the molecule is CCOCCc1noc(-c2ccccc2C(=O)O)n1. The average molecular weight is 262 g/mol. The molecule has 0 saturated carbocycles. The zero-order chi connectivity index (χ0) is 13.7. The summed E-state index contributed by atoms with van der Waals surface area (Å²) in [6.45, 7) is 3.05. The van der Waals surface area contributed by atoms with Gasteiger partial charge in [-0.3, -0.25) is 0 Å². The van der Waals surface area contributed by atoms with E-state index in [1.54, 1.807) is 18.2 Å². The van der Waals surface area contributed by atoms with Gasteiger partial charge in [0, 0.05) is 13.0 Å². The summed E-state index contributed by atoms with van der Waals surface area (Å²) in [6, 6.07) is 6.52. The molecule has 0 saturated heterocycles. The second-order valence-electron chi connectivity index (χ2n) is 3.81. The molecular formula is C13H14N2O4. The highest BCUT2D eigenvalue weighted by molar-refractivity contribution is 5.94. The first-order chi connectivity index (χ1) is 9.22. The molecular weight excluding hydrogens is 248 g/mol. The van der Waals surface area contributed by atoms with Crippen molar-refractivity contribution in [2.24, 2.45) is 0 Å². The van der Waals surface area contributed by atoms with Crippen LogP contribution in [0.15, 0.2) is 28.8 Å². The predicted octanol–water partition coefficient (Wildman–Crippen LogP) is 2.01. The van der Waals surface area contributed by atoms with E-state index in [1.807, 2.05) is 6.92 Å². The van der Waals surface area contributed by atoms with Crippen LogP contribution in [0.5, 0.6) is 0 Å². The molecule has 0 fully saturated rings. The molecule has 0 aliphatic rings. The van der Waals surface area contributed by atoms with Crippen LogP contribution in [0.3, 0.4) is 0 Å². The summed E-state index contributed by atoms with van der Waals surface area (Å²) in [5.41, 5.74) is 0.563. The molecule has 0 radical (unpaired) electrons. The maximum absolute atomic E-state index is 11.1. The number of aromatic carboxylic acids is 1. The Morgan fingerprint density at radius 2 is 2.21 bits per heavy atom. The maximum atomic E-state index is 11.1. The minimum absolute atomic E-state index is 0.141. The Kier molecular flexibility index (Phi) is 4.25. The maximum Gasteiger partial charge on any atom is 0.336 e. The number of carboxylic acids is 1. The Balaban J connectivity index is 2.21. The van der Waals surface area contributed by atoms with Crippen molar-refractivity contribution in [3.05, 3.63) is 35.7 Å². The second kappa shape index (κ2) is 6.10. The van der Waals surface area contributed by atoms with E-state index in [1.165, 1.54) is 6.07 Å². The largest absolute Gasteiger partial charge is 0.478 e. The first kappa shape index (κ1) is 13.2. The standard InChI is InChI=1S/C13H14N2O4/c1-2-18-8-7-11-14-12(19-15-11)9-5-3-4-6-10(9)13(16)17/h3-6H,2,7-8H2,1H3,(H,16,17). The molecule has 0 aliphatic carbocycles. The lowest BCUT2D eigenvalue weighted by Gasteiger charge is -1.99. The zero-order valence-corrected chi connectivity index (χ0v) is 10.5. The van der Waals surface area contributed by atoms with Gasteiger partial charge in [0.15, 0.2) is 5.82 Å². The number of hydrogen-bond donors (Lipinski definition) is 1. The topological polar surface area (TPSA) is 85.5 Å². The monoisotopic (exact) mass is 262 g/mol. The van der Waals surface area contributed by atoms with Crippen LogP contribution in [0.1, 0.15) is 23.1 Å². The van der Waals surface area contributed by atoms with Crippen LogP contribution in [0.2, 0.25) is 0 Å². The van der Waals surface area contributed by atoms with Gasteiger partial charge in [-0.25, -0.2) is 4.79 Å². The molecule has 6 heteroatoms. The van der Waals surface area contributed by atoms with Crippen LogP contribution in [0.4, 0.5) is 0 Å². The number of carbonyl (C=O) groups is 1. The third-order valence-corrected chi connectivity index (χ3v) is 2.53. The highest BCUT2D eigenvalue weighted by Crippen LogP contribution is 2.21. The average Bonchev–Trinajstić information content (AvgIpc) is 2.88. The van der Waals surface area contributed by atoms with E-state index in [0.717, 1.165) is 0 Å². The van der Waals surface area contributed by atoms with Gasteiger partial charge < -0.3 is 14.4 Å². The van der Waals surface area contributed by atoms with Crippen molar-refractivity contribution in [2.45, 2.75) is 13.3 Å². The fourth-order valence-corrected chi connectivity index (χ4v) is 1.63. The molecule has 0 aliphatic heterocycles. The first-order valence-electron chi connectivity index (χ1n) is 5.95. The molecule has 0 amide bonds. The Morgan fingerprint density at radius 1 is 1.42 bits per heavy atom. The van der Waals surface area contributed by atoms with Crippen molar-refractivity contribution >= 4 is 5.97 Å². The van der Waals surface area contributed by atoms with Gasteiger partial charge in [0.2, 0.25) is 0 Å². The predicted molar refractivity (Wildman–Crippen MR) is 66.9 cm³/mol. The minimum Gasteiger partial charge on any atom is -0.478 e. The van der Waals surface area contributed by atoms with Crippen LogP contribution >= 0.6 is 0 Å². The van der Waals surface area contributed by atoms with E-state index in [9.17, 15) is 4.79 Å². The second-order valence-corrected chi connectivity index (χ2v) is 3.81. The number of hydrogen-bond acceptors (Lipinski definition) is 5. The van der Waals surface area contributed by atoms with Crippen molar-refractivity contribution < 1.29 is 19.2 Å². The lowest BCUT2D eigenvalue weighted by Crippen LogP contribution is -2.00. The van der Waals surface area contributed by atoms with Crippen LogP contribution in [-0.4, -0.2) is 34.4 Å². The first-order valence-corrected chi connectivity index (χ1v) is 5.95. The molecule has 0 unspecified atom stereocenters. The van der Waals surface area contributed by atoms with Crippen LogP contribution in [-0.2, 0) is 11.2 Å². The third kappa shape index (κ3) is 3.17. The van der Waals surface area contributed by atoms with Gasteiger partial charge in [-0.15, -0.1) is 0 Å². The minimum atomic E-state index is -1.02. The van der Waals surface area contributed by atoms with Gasteiger partial charge in [-0.2, -0.15) is 4.98 Å². The Bertz CT molecular complexity index is 565. The Morgan fingerprint density at radius 3 is 2.95 bits per heavy atom. The molecule has 2 aromatic rings. The number of nitrogens with zero attached hydrogens (tertiary/aromatic N) is 2. The Labute approximate surface area is 110 Å². The fraction of sp³-hybridized carbons (Fsp3) is 0.308. The lowest BCUT2D eigenvalue weighted by molar-refractivity contribution is 0.0697. The van der Waals surface area contributed by atoms with Crippen molar-refractivity contribution in [1.29, 1.82) is 0 Å². The van der Waals surface area contributed by atoms with Crippen LogP contribution in [0.25, 0.3) is 11.5 Å². The molecule has 2 rings (SSSR count). The van der Waals surface area contributed by atoms with Gasteiger partial charge in [0.25, 0.3) is 5.89 Å². The van der Waals surface area contributed by atoms with E-state index in [-0.39, 0.29) is 11.5 Å². The van der Waals surface area contributed by atoms with Crippen molar-refractivity contribution in [3.8, 4) is 11.5 Å². The van der Waals surface area contributed by atoms with Gasteiger partial charge in [0.05, 0.1) is 17.7 Å². The summed E-state index contributed by atoms with van der Waals surface area (Å²) < 4.78 is 10.3. The normalized spacial score (nSPS) is 10.6. The van der Waals surface area contributed by atoms with Crippen molar-refractivity contribution in [1.82, 2.24) is 10.1 Å². The summed E-state index contributed by atoms with van der Waals surface area (Å²) in [4.78, 5) is 15.3. The van der Waals surface area contributed by atoms with E-state index in [4.69, 9.17) is 14.4 Å². The highest BCUT2D eigenvalue weighted by Gasteiger charge is 2.16. The van der Waals surface area contributed by atoms with E-state index in [2.05, 4.69) is 10.1 Å². The number of ether oxygens (including phenoxy) is 1. The molecule has 19 heavy (non-hydrogen) atoms. The van der Waals surface area contributed by atoms with E-state index < -0.39 is 5.97 Å². The van der Waals surface area contributed by atoms with Gasteiger partial charge in [0.1, 0.15) is 0 Å². The zero-order valence-electron chi connectivity index (χ0n) is 10.5. The third-order valence-electron chi connectivity index (χ3n) is 2.53. The number of aromatic nitrogens is 2. The van der Waals surface area contributed by atoms with Gasteiger partial charge in [-0.05, 0) is 19.1 Å². The van der Waals surface area contributed by atoms with Crippen molar-refractivity contribution in [2.75, 3.05) is 13.2 Å². The van der Waals surface area contributed by atoms with Gasteiger partial charge in [-0.1, -0.05) is 17.3 Å². The lowest BCUT2D eigenvalue weighted by atomic mass is 10.1. The molecule has 100 valence electrons. The fourth-order valence-electron chi connectivity index (χ4n) is 1.63. The molecule has 1 aromatic heterocycles. The molecule has 0 atom stereocenters. The Hall–Kier alpha value is -2.21. The summed E-state index contributed by atoms with van der Waals surface area (Å²) >= 11 is 0. The number of rotatable bonds is 6. The number of carboxylic acid groups (broad SMARTS) is 1. The summed E-state index contributed by atoms with van der Waals surface area (Å²) in [6.07, 6.45) is 0.534. The summed E-state index contributed by atoms with van der Waals surface area (Å²) in [5.74, 6) is -0.308. The quantitative estimate of drug-likeness (QED) is 0.801. The highest BCUT2D eigenvalue weighted by atomic mass is 16.5. The molecule has 1 N–H and O–H groups in total. The summed E-state index contributed by atoms with van der Waals surface area (Å²) in [5, 5.41) is 12.9. The molecule has 1 aromatic carbocycles. The van der Waals surface area contributed by atoms with Gasteiger partial charge >= 0.3 is 5.97 Å². The molecule has 0 spiro atoms. The summed E-state index contributed by atoms with van der Waals surface area (Å²) in [7, 11) is 0. The smallest absolute Gasteiger partial charge is 0.336 e. The molecule has 6 nitrogen and oxygen atoms in total. The molecule has 1 heterocycles. The van der Waals surface area contributed by atoms with Crippen LogP contribution in [0, 0.1) is 0 Å². The molecule has 0 bridgehead atoms. The van der Waals surface area contributed by atoms with Crippen LogP contribution < -0.4 is 0 Å². The van der Waals surface area contributed by atoms with Crippen molar-refractivity contribution in [3.63, 3.8) is 0 Å².